The van der Waals surface area contributed by atoms with Gasteiger partial charge >= 0.3 is 0 Å². The van der Waals surface area contributed by atoms with Crippen LogP contribution in [0.2, 0.25) is 0 Å². The topological polar surface area (TPSA) is 64.4 Å². The third-order valence-electron chi connectivity index (χ3n) is 2.16. The zero-order valence-corrected chi connectivity index (χ0v) is 11.6. The largest absolute Gasteiger partial charge is 0.377 e. The van der Waals surface area contributed by atoms with Gasteiger partial charge in [-0.1, -0.05) is 34.4 Å². The second kappa shape index (κ2) is 7.45. The van der Waals surface area contributed by atoms with Gasteiger partial charge in [-0.25, -0.2) is 0 Å². The van der Waals surface area contributed by atoms with Crippen LogP contribution in [0.1, 0.15) is 36.0 Å². The Hall–Kier alpha value is -0.880. The summed E-state index contributed by atoms with van der Waals surface area (Å²) in [6, 6.07) is 1.59. The van der Waals surface area contributed by atoms with Crippen molar-refractivity contribution >= 4 is 21.8 Å². The van der Waals surface area contributed by atoms with Crippen LogP contribution in [0.25, 0.3) is 0 Å². The molecule has 1 rings (SSSR count). The van der Waals surface area contributed by atoms with Crippen molar-refractivity contribution in [3.8, 4) is 0 Å². The van der Waals surface area contributed by atoms with Gasteiger partial charge in [0.2, 0.25) is 0 Å². The molecule has 0 saturated heterocycles. The summed E-state index contributed by atoms with van der Waals surface area (Å²) in [6.07, 6.45) is 2.10. The number of carbonyl (C=O) groups is 1. The molecule has 1 atom stereocenters. The van der Waals surface area contributed by atoms with Crippen LogP contribution in [0.15, 0.2) is 10.6 Å². The van der Waals surface area contributed by atoms with Crippen molar-refractivity contribution in [2.75, 3.05) is 13.7 Å². The van der Waals surface area contributed by atoms with E-state index in [1.165, 1.54) is 0 Å². The van der Waals surface area contributed by atoms with Gasteiger partial charge in [0, 0.05) is 24.5 Å². The minimum Gasteiger partial charge on any atom is -0.377 e. The van der Waals surface area contributed by atoms with Crippen molar-refractivity contribution in [1.29, 1.82) is 0 Å². The van der Waals surface area contributed by atoms with E-state index in [9.17, 15) is 4.79 Å². The quantitative estimate of drug-likeness (QED) is 0.784. The first-order valence-electron chi connectivity index (χ1n) is 5.54. The second-order valence-corrected chi connectivity index (χ2v) is 5.00. The monoisotopic (exact) mass is 304 g/mol. The summed E-state index contributed by atoms with van der Waals surface area (Å²) in [5.41, 5.74) is 0.285. The molecule has 5 nitrogen and oxygen atoms in total. The second-order valence-electron chi connectivity index (χ2n) is 3.71. The third-order valence-corrected chi connectivity index (χ3v) is 2.95. The first-order valence-corrected chi connectivity index (χ1v) is 6.45. The molecule has 1 heterocycles. The molecule has 1 aromatic rings. The Morgan fingerprint density at radius 3 is 3.12 bits per heavy atom. The van der Waals surface area contributed by atoms with Gasteiger partial charge in [0.05, 0.1) is 0 Å². The van der Waals surface area contributed by atoms with Gasteiger partial charge in [-0.3, -0.25) is 4.79 Å². The van der Waals surface area contributed by atoms with E-state index in [4.69, 9.17) is 9.26 Å². The van der Waals surface area contributed by atoms with E-state index >= 15 is 0 Å². The molecular weight excluding hydrogens is 288 g/mol. The van der Waals surface area contributed by atoms with Gasteiger partial charge in [-0.2, -0.15) is 0 Å². The van der Waals surface area contributed by atoms with Crippen molar-refractivity contribution in [3.63, 3.8) is 0 Å². The van der Waals surface area contributed by atoms with E-state index in [0.29, 0.717) is 23.7 Å². The van der Waals surface area contributed by atoms with E-state index in [2.05, 4.69) is 33.3 Å². The van der Waals surface area contributed by atoms with Gasteiger partial charge in [-0.05, 0) is 6.42 Å². The molecule has 0 spiro atoms. The van der Waals surface area contributed by atoms with E-state index < -0.39 is 0 Å². The van der Waals surface area contributed by atoms with Gasteiger partial charge in [0.1, 0.15) is 6.61 Å². The van der Waals surface area contributed by atoms with E-state index in [1.54, 1.807) is 13.2 Å². The Labute approximate surface area is 109 Å². The summed E-state index contributed by atoms with van der Waals surface area (Å²) in [7, 11) is 1.56. The van der Waals surface area contributed by atoms with Crippen LogP contribution in [-0.2, 0) is 11.3 Å². The molecule has 6 heteroatoms. The number of rotatable bonds is 7. The Bertz CT molecular complexity index is 354. The lowest BCUT2D eigenvalue weighted by atomic mass is 10.2. The van der Waals surface area contributed by atoms with Crippen LogP contribution < -0.4 is 5.32 Å². The highest BCUT2D eigenvalue weighted by Crippen LogP contribution is 2.07. The molecule has 0 bridgehead atoms. The average molecular weight is 305 g/mol. The van der Waals surface area contributed by atoms with Gasteiger partial charge in [0.15, 0.2) is 11.5 Å². The number of ether oxygens (including phenoxy) is 1. The lowest BCUT2D eigenvalue weighted by molar-refractivity contribution is 0.0944. The number of carbonyl (C=O) groups excluding carboxylic acids is 1. The zero-order chi connectivity index (χ0) is 12.7. The number of amides is 1. The molecule has 0 fully saturated rings. The summed E-state index contributed by atoms with van der Waals surface area (Å²) in [5.74, 6) is 0.318. The molecule has 17 heavy (non-hydrogen) atoms. The number of alkyl halides is 1. The Kier molecular flexibility index (Phi) is 6.21. The highest BCUT2D eigenvalue weighted by atomic mass is 79.9. The molecule has 0 aliphatic carbocycles. The average Bonchev–Trinajstić information content (AvgIpc) is 2.75. The predicted octanol–water partition coefficient (Wildman–Crippen LogP) is 2.11. The normalized spacial score (nSPS) is 12.4. The number of nitrogens with zero attached hydrogens (tertiary/aromatic N) is 1. The maximum Gasteiger partial charge on any atom is 0.273 e. The summed E-state index contributed by atoms with van der Waals surface area (Å²) >= 11 is 3.49. The number of hydrogen-bond donors (Lipinski definition) is 1. The van der Waals surface area contributed by atoms with E-state index in [-0.39, 0.29) is 11.6 Å². The summed E-state index contributed by atoms with van der Waals surface area (Å²) < 4.78 is 9.81. The zero-order valence-electron chi connectivity index (χ0n) is 10.0. The molecule has 1 unspecified atom stereocenters. The van der Waals surface area contributed by atoms with Crippen molar-refractivity contribution < 1.29 is 14.1 Å². The number of halogens is 1. The van der Waals surface area contributed by atoms with Gasteiger partial charge in [-0.15, -0.1) is 0 Å². The van der Waals surface area contributed by atoms with Crippen molar-refractivity contribution in [2.45, 2.75) is 31.2 Å². The maximum absolute atomic E-state index is 11.7. The number of nitrogens with one attached hydrogen (secondary N) is 1. The Morgan fingerprint density at radius 2 is 2.47 bits per heavy atom. The Balaban J connectivity index is 2.40. The fraction of sp³-hybridized carbons (Fsp3) is 0.636. The van der Waals surface area contributed by atoms with E-state index in [1.807, 2.05) is 0 Å². The van der Waals surface area contributed by atoms with Gasteiger partial charge in [0.25, 0.3) is 5.91 Å². The van der Waals surface area contributed by atoms with Crippen molar-refractivity contribution in [3.05, 3.63) is 17.5 Å². The van der Waals surface area contributed by atoms with Crippen molar-refractivity contribution in [2.24, 2.45) is 0 Å². The molecule has 0 radical (unpaired) electrons. The minimum atomic E-state index is -0.225. The molecule has 0 aliphatic heterocycles. The fourth-order valence-electron chi connectivity index (χ4n) is 1.34. The fourth-order valence-corrected chi connectivity index (χ4v) is 1.96. The first-order chi connectivity index (χ1) is 8.17. The summed E-state index contributed by atoms with van der Waals surface area (Å²) in [6.45, 7) is 3.00. The van der Waals surface area contributed by atoms with Crippen LogP contribution in [0.4, 0.5) is 0 Å². The predicted molar refractivity (Wildman–Crippen MR) is 67.2 cm³/mol. The van der Waals surface area contributed by atoms with E-state index in [0.717, 1.165) is 12.8 Å². The van der Waals surface area contributed by atoms with Crippen LogP contribution in [0, 0.1) is 0 Å². The number of methoxy groups -OCH3 is 1. The molecule has 1 amide bonds. The SMILES string of the molecule is CCCC(Br)CNC(=O)c1cc(COC)on1. The maximum atomic E-state index is 11.7. The molecule has 1 N–H and O–H groups in total. The molecule has 0 aliphatic rings. The minimum absolute atomic E-state index is 0.225. The summed E-state index contributed by atoms with van der Waals surface area (Å²) in [5, 5.41) is 6.47. The molecule has 0 saturated carbocycles. The third kappa shape index (κ3) is 4.87. The van der Waals surface area contributed by atoms with Crippen LogP contribution >= 0.6 is 15.9 Å². The van der Waals surface area contributed by atoms with Crippen molar-refractivity contribution in [1.82, 2.24) is 10.5 Å². The number of hydrogen-bond acceptors (Lipinski definition) is 4. The van der Waals surface area contributed by atoms with Gasteiger partial charge < -0.3 is 14.6 Å². The van der Waals surface area contributed by atoms with Crippen LogP contribution in [0.5, 0.6) is 0 Å². The standard InChI is InChI=1S/C11H17BrN2O3/c1-3-4-8(12)6-13-11(15)10-5-9(7-16-2)17-14-10/h5,8H,3-4,6-7H2,1-2H3,(H,13,15). The lowest BCUT2D eigenvalue weighted by Crippen LogP contribution is -2.29. The van der Waals surface area contributed by atoms with Crippen LogP contribution in [0.3, 0.4) is 0 Å². The first kappa shape index (κ1) is 14.2. The number of aromatic nitrogens is 1. The smallest absolute Gasteiger partial charge is 0.273 e. The molecule has 0 aromatic carbocycles. The highest BCUT2D eigenvalue weighted by molar-refractivity contribution is 9.09. The lowest BCUT2D eigenvalue weighted by Gasteiger charge is -2.08. The highest BCUT2D eigenvalue weighted by Gasteiger charge is 2.13. The van der Waals surface area contributed by atoms with Crippen LogP contribution in [-0.4, -0.2) is 29.5 Å². The molecule has 96 valence electrons. The Morgan fingerprint density at radius 1 is 1.71 bits per heavy atom. The molecule has 1 aromatic heterocycles. The molecular formula is C11H17BrN2O3. The summed E-state index contributed by atoms with van der Waals surface area (Å²) in [4.78, 5) is 12.0.